The standard InChI is InChI=1S/C16H21FN2O2/c17-14-4-2-1-3-11(14)7-18-16(21)10-19-8-12-5-6-15(20)13(12)9-19/h1-4,12-13,15,20H,5-10H2,(H,18,21). The van der Waals surface area contributed by atoms with E-state index in [4.69, 9.17) is 0 Å². The molecule has 1 aromatic carbocycles. The van der Waals surface area contributed by atoms with Crippen molar-refractivity contribution in [3.63, 3.8) is 0 Å². The van der Waals surface area contributed by atoms with Crippen LogP contribution in [0.15, 0.2) is 24.3 Å². The average Bonchev–Trinajstić information content (AvgIpc) is 3.00. The van der Waals surface area contributed by atoms with Gasteiger partial charge in [0.25, 0.3) is 0 Å². The first-order chi connectivity index (χ1) is 10.1. The van der Waals surface area contributed by atoms with E-state index in [0.29, 0.717) is 23.9 Å². The minimum atomic E-state index is -0.295. The Kier molecular flexibility index (Phi) is 4.22. The normalized spacial score (nSPS) is 28.6. The van der Waals surface area contributed by atoms with E-state index in [-0.39, 0.29) is 24.4 Å². The Morgan fingerprint density at radius 1 is 1.33 bits per heavy atom. The number of benzene rings is 1. The summed E-state index contributed by atoms with van der Waals surface area (Å²) in [5, 5.41) is 12.6. The number of halogens is 1. The highest BCUT2D eigenvalue weighted by Gasteiger charge is 2.41. The molecule has 2 aliphatic rings. The van der Waals surface area contributed by atoms with Gasteiger partial charge in [-0.15, -0.1) is 0 Å². The lowest BCUT2D eigenvalue weighted by Crippen LogP contribution is -2.36. The highest BCUT2D eigenvalue weighted by atomic mass is 19.1. The Bertz CT molecular complexity index is 523. The second-order valence-electron chi connectivity index (χ2n) is 6.13. The van der Waals surface area contributed by atoms with Gasteiger partial charge in [-0.3, -0.25) is 9.69 Å². The van der Waals surface area contributed by atoms with Gasteiger partial charge >= 0.3 is 0 Å². The fraction of sp³-hybridized carbons (Fsp3) is 0.562. The van der Waals surface area contributed by atoms with Crippen LogP contribution in [0.2, 0.25) is 0 Å². The maximum absolute atomic E-state index is 13.5. The summed E-state index contributed by atoms with van der Waals surface area (Å²) < 4.78 is 13.5. The molecule has 21 heavy (non-hydrogen) atoms. The number of hydrogen-bond acceptors (Lipinski definition) is 3. The summed E-state index contributed by atoms with van der Waals surface area (Å²) in [5.41, 5.74) is 0.500. The molecule has 4 nitrogen and oxygen atoms in total. The monoisotopic (exact) mass is 292 g/mol. The first-order valence-electron chi connectivity index (χ1n) is 7.54. The van der Waals surface area contributed by atoms with E-state index < -0.39 is 0 Å². The van der Waals surface area contributed by atoms with Crippen molar-refractivity contribution in [1.29, 1.82) is 0 Å². The molecule has 0 bridgehead atoms. The molecule has 0 aromatic heterocycles. The maximum Gasteiger partial charge on any atom is 0.234 e. The van der Waals surface area contributed by atoms with Crippen LogP contribution in [0.5, 0.6) is 0 Å². The Labute approximate surface area is 124 Å². The first kappa shape index (κ1) is 14.5. The third kappa shape index (κ3) is 3.24. The number of nitrogens with zero attached hydrogens (tertiary/aromatic N) is 1. The highest BCUT2D eigenvalue weighted by Crippen LogP contribution is 2.37. The van der Waals surface area contributed by atoms with Crippen LogP contribution in [-0.4, -0.2) is 41.7 Å². The molecule has 0 spiro atoms. The molecule has 1 heterocycles. The van der Waals surface area contributed by atoms with Gasteiger partial charge in [0.2, 0.25) is 5.91 Å². The maximum atomic E-state index is 13.5. The molecule has 2 fully saturated rings. The van der Waals surface area contributed by atoms with Crippen LogP contribution in [-0.2, 0) is 11.3 Å². The molecule has 0 radical (unpaired) electrons. The van der Waals surface area contributed by atoms with E-state index in [9.17, 15) is 14.3 Å². The van der Waals surface area contributed by atoms with Crippen LogP contribution < -0.4 is 5.32 Å². The molecule has 1 aliphatic heterocycles. The molecule has 1 saturated heterocycles. The minimum absolute atomic E-state index is 0.0901. The van der Waals surface area contributed by atoms with Crippen molar-refractivity contribution in [2.24, 2.45) is 11.8 Å². The van der Waals surface area contributed by atoms with Crippen LogP contribution in [0.4, 0.5) is 4.39 Å². The Balaban J connectivity index is 1.46. The zero-order chi connectivity index (χ0) is 14.8. The lowest BCUT2D eigenvalue weighted by Gasteiger charge is -2.17. The minimum Gasteiger partial charge on any atom is -0.393 e. The quantitative estimate of drug-likeness (QED) is 0.875. The number of rotatable bonds is 4. The van der Waals surface area contributed by atoms with Gasteiger partial charge in [0.1, 0.15) is 5.82 Å². The van der Waals surface area contributed by atoms with Gasteiger partial charge in [-0.25, -0.2) is 4.39 Å². The molecule has 5 heteroatoms. The third-order valence-electron chi connectivity index (χ3n) is 4.70. The second kappa shape index (κ2) is 6.12. The zero-order valence-electron chi connectivity index (χ0n) is 12.0. The fourth-order valence-electron chi connectivity index (χ4n) is 3.55. The van der Waals surface area contributed by atoms with Crippen LogP contribution in [0, 0.1) is 17.7 Å². The number of amides is 1. The molecule has 1 amide bonds. The molecular formula is C16H21FN2O2. The fourth-order valence-corrected chi connectivity index (χ4v) is 3.55. The van der Waals surface area contributed by atoms with Gasteiger partial charge in [-0.05, 0) is 24.8 Å². The predicted octanol–water partition coefficient (Wildman–Crippen LogP) is 1.14. The number of likely N-dealkylation sites (tertiary alicyclic amines) is 1. The van der Waals surface area contributed by atoms with Crippen LogP contribution in [0.1, 0.15) is 18.4 Å². The van der Waals surface area contributed by atoms with Gasteiger partial charge < -0.3 is 10.4 Å². The molecular weight excluding hydrogens is 271 g/mol. The predicted molar refractivity (Wildman–Crippen MR) is 76.9 cm³/mol. The van der Waals surface area contributed by atoms with Crippen LogP contribution in [0.3, 0.4) is 0 Å². The number of aliphatic hydroxyl groups excluding tert-OH is 1. The van der Waals surface area contributed by atoms with Crippen LogP contribution >= 0.6 is 0 Å². The first-order valence-corrected chi connectivity index (χ1v) is 7.54. The summed E-state index contributed by atoms with van der Waals surface area (Å²) in [5.74, 6) is 0.466. The number of carbonyl (C=O) groups is 1. The van der Waals surface area contributed by atoms with Crippen molar-refractivity contribution in [1.82, 2.24) is 10.2 Å². The smallest absolute Gasteiger partial charge is 0.234 e. The Morgan fingerprint density at radius 2 is 2.14 bits per heavy atom. The van der Waals surface area contributed by atoms with Crippen molar-refractivity contribution < 1.29 is 14.3 Å². The summed E-state index contributed by atoms with van der Waals surface area (Å²) in [6.07, 6.45) is 1.74. The number of hydrogen-bond donors (Lipinski definition) is 2. The molecule has 1 aromatic rings. The van der Waals surface area contributed by atoms with Crippen LogP contribution in [0.25, 0.3) is 0 Å². The Morgan fingerprint density at radius 3 is 2.90 bits per heavy atom. The van der Waals surface area contributed by atoms with E-state index in [1.165, 1.54) is 6.07 Å². The lowest BCUT2D eigenvalue weighted by atomic mass is 10.00. The van der Waals surface area contributed by atoms with Crippen molar-refractivity contribution in [3.8, 4) is 0 Å². The largest absolute Gasteiger partial charge is 0.393 e. The van der Waals surface area contributed by atoms with Gasteiger partial charge in [0.15, 0.2) is 0 Å². The summed E-state index contributed by atoms with van der Waals surface area (Å²) in [7, 11) is 0. The van der Waals surface area contributed by atoms with Crippen molar-refractivity contribution >= 4 is 5.91 Å². The summed E-state index contributed by atoms with van der Waals surface area (Å²) in [6.45, 7) is 2.22. The van der Waals surface area contributed by atoms with Crippen molar-refractivity contribution in [2.45, 2.75) is 25.5 Å². The van der Waals surface area contributed by atoms with E-state index in [0.717, 1.165) is 25.9 Å². The summed E-state index contributed by atoms with van der Waals surface area (Å²) >= 11 is 0. The lowest BCUT2D eigenvalue weighted by molar-refractivity contribution is -0.122. The molecule has 3 atom stereocenters. The van der Waals surface area contributed by atoms with E-state index in [2.05, 4.69) is 10.2 Å². The van der Waals surface area contributed by atoms with E-state index in [1.54, 1.807) is 18.2 Å². The molecule has 114 valence electrons. The summed E-state index contributed by atoms with van der Waals surface area (Å²) in [4.78, 5) is 14.0. The second-order valence-corrected chi connectivity index (χ2v) is 6.13. The molecule has 3 rings (SSSR count). The SMILES string of the molecule is O=C(CN1CC2CCC(O)C2C1)NCc1ccccc1F. The van der Waals surface area contributed by atoms with Gasteiger partial charge in [0, 0.05) is 31.1 Å². The number of fused-ring (bicyclic) bond motifs is 1. The molecule has 1 saturated carbocycles. The number of nitrogens with one attached hydrogen (secondary N) is 1. The van der Waals surface area contributed by atoms with E-state index >= 15 is 0 Å². The Hall–Kier alpha value is -1.46. The van der Waals surface area contributed by atoms with Gasteiger partial charge in [0.05, 0.1) is 12.6 Å². The van der Waals surface area contributed by atoms with Crippen molar-refractivity contribution in [2.75, 3.05) is 19.6 Å². The van der Waals surface area contributed by atoms with Crippen molar-refractivity contribution in [3.05, 3.63) is 35.6 Å². The average molecular weight is 292 g/mol. The highest BCUT2D eigenvalue weighted by molar-refractivity contribution is 5.78. The number of aliphatic hydroxyl groups is 1. The van der Waals surface area contributed by atoms with E-state index in [1.807, 2.05) is 0 Å². The van der Waals surface area contributed by atoms with Gasteiger partial charge in [-0.1, -0.05) is 18.2 Å². The molecule has 1 aliphatic carbocycles. The number of carbonyl (C=O) groups excluding carboxylic acids is 1. The third-order valence-corrected chi connectivity index (χ3v) is 4.70. The van der Waals surface area contributed by atoms with Gasteiger partial charge in [-0.2, -0.15) is 0 Å². The topological polar surface area (TPSA) is 52.6 Å². The zero-order valence-corrected chi connectivity index (χ0v) is 12.0. The summed E-state index contributed by atoms with van der Waals surface area (Å²) in [6, 6.07) is 6.46. The molecule has 2 N–H and O–H groups in total. The molecule has 3 unspecified atom stereocenters.